The van der Waals surface area contributed by atoms with E-state index in [0.717, 1.165) is 12.8 Å². The summed E-state index contributed by atoms with van der Waals surface area (Å²) in [5.74, 6) is -1.29. The fourth-order valence-electron chi connectivity index (χ4n) is 2.20. The van der Waals surface area contributed by atoms with E-state index < -0.39 is 11.3 Å². The van der Waals surface area contributed by atoms with Gasteiger partial charge in [-0.2, -0.15) is 0 Å². The SMILES string of the molecule is CCCCCCCCCCCCC(C)(N)C(N)(N)N. The fourth-order valence-corrected chi connectivity index (χ4v) is 2.20. The third-order valence-corrected chi connectivity index (χ3v) is 4.04. The summed E-state index contributed by atoms with van der Waals surface area (Å²) in [5.41, 5.74) is 22.3. The summed E-state index contributed by atoms with van der Waals surface area (Å²) in [7, 11) is 0. The molecular weight excluding hydrogens is 236 g/mol. The molecule has 0 amide bonds. The number of rotatable bonds is 12. The molecule has 8 N–H and O–H groups in total. The van der Waals surface area contributed by atoms with Gasteiger partial charge in [0.05, 0.1) is 5.54 Å². The van der Waals surface area contributed by atoms with Crippen LogP contribution in [0.4, 0.5) is 0 Å². The van der Waals surface area contributed by atoms with E-state index in [2.05, 4.69) is 6.92 Å². The summed E-state index contributed by atoms with van der Waals surface area (Å²) in [6, 6.07) is 0. The third kappa shape index (κ3) is 9.38. The van der Waals surface area contributed by atoms with Gasteiger partial charge in [0, 0.05) is 0 Å². The summed E-state index contributed by atoms with van der Waals surface area (Å²) < 4.78 is 0. The maximum atomic E-state index is 6.03. The lowest BCUT2D eigenvalue weighted by Gasteiger charge is -2.37. The predicted molar refractivity (Wildman–Crippen MR) is 84.3 cm³/mol. The largest absolute Gasteiger partial charge is 0.322 e. The number of unbranched alkanes of at least 4 members (excludes halogenated alkanes) is 9. The Balaban J connectivity index is 3.37. The highest BCUT2D eigenvalue weighted by Gasteiger charge is 2.34. The number of hydrogen-bond acceptors (Lipinski definition) is 4. The second-order valence-electron chi connectivity index (χ2n) is 6.28. The van der Waals surface area contributed by atoms with Gasteiger partial charge in [-0.05, 0) is 13.3 Å². The highest BCUT2D eigenvalue weighted by atomic mass is 15.2. The minimum absolute atomic E-state index is 0.687. The first-order valence-electron chi connectivity index (χ1n) is 7.97. The average Bonchev–Trinajstić information content (AvgIpc) is 2.30. The van der Waals surface area contributed by atoms with Crippen molar-refractivity contribution in [2.75, 3.05) is 0 Å². The standard InChI is InChI=1S/C15H36N4/c1-3-4-5-6-7-8-9-10-11-12-13-14(2,16)15(17,18)19/h3-13,16-19H2,1-2H3. The summed E-state index contributed by atoms with van der Waals surface area (Å²) >= 11 is 0. The van der Waals surface area contributed by atoms with Crippen molar-refractivity contribution in [3.8, 4) is 0 Å². The van der Waals surface area contributed by atoms with Crippen molar-refractivity contribution >= 4 is 0 Å². The molecule has 19 heavy (non-hydrogen) atoms. The summed E-state index contributed by atoms with van der Waals surface area (Å²) in [6.45, 7) is 4.09. The monoisotopic (exact) mass is 272 g/mol. The molecule has 0 aliphatic heterocycles. The predicted octanol–water partition coefficient (Wildman–Crippen LogP) is 2.54. The highest BCUT2D eigenvalue weighted by molar-refractivity contribution is 4.95. The van der Waals surface area contributed by atoms with Crippen LogP contribution in [0, 0.1) is 0 Å². The molecule has 4 heteroatoms. The Morgan fingerprint density at radius 2 is 1.00 bits per heavy atom. The van der Waals surface area contributed by atoms with Crippen molar-refractivity contribution in [3.63, 3.8) is 0 Å². The molecule has 0 aliphatic carbocycles. The molecule has 1 unspecified atom stereocenters. The van der Waals surface area contributed by atoms with Gasteiger partial charge in [-0.15, -0.1) is 0 Å². The Labute approximate surface area is 119 Å². The molecule has 0 saturated heterocycles. The van der Waals surface area contributed by atoms with Crippen LogP contribution >= 0.6 is 0 Å². The summed E-state index contributed by atoms with van der Waals surface area (Å²) in [5, 5.41) is 0. The van der Waals surface area contributed by atoms with Gasteiger partial charge in [0.25, 0.3) is 0 Å². The van der Waals surface area contributed by atoms with E-state index >= 15 is 0 Å². The quantitative estimate of drug-likeness (QED) is 0.324. The second kappa shape index (κ2) is 9.70. The van der Waals surface area contributed by atoms with Gasteiger partial charge in [-0.3, -0.25) is 17.2 Å². The maximum absolute atomic E-state index is 6.03. The molecule has 0 aromatic rings. The van der Waals surface area contributed by atoms with Gasteiger partial charge < -0.3 is 5.73 Å². The zero-order valence-corrected chi connectivity index (χ0v) is 13.1. The Hall–Kier alpha value is -0.160. The summed E-state index contributed by atoms with van der Waals surface area (Å²) in [4.78, 5) is 0. The molecule has 0 aliphatic rings. The van der Waals surface area contributed by atoms with Crippen LogP contribution in [0.25, 0.3) is 0 Å². The molecule has 0 spiro atoms. The van der Waals surface area contributed by atoms with Crippen LogP contribution in [-0.2, 0) is 0 Å². The second-order valence-corrected chi connectivity index (χ2v) is 6.28. The number of hydrogen-bond donors (Lipinski definition) is 4. The van der Waals surface area contributed by atoms with Crippen molar-refractivity contribution in [1.29, 1.82) is 0 Å². The molecule has 0 bridgehead atoms. The van der Waals surface area contributed by atoms with E-state index in [1.54, 1.807) is 0 Å². The van der Waals surface area contributed by atoms with Gasteiger partial charge in [0.2, 0.25) is 0 Å². The van der Waals surface area contributed by atoms with Crippen LogP contribution < -0.4 is 22.9 Å². The minimum atomic E-state index is -1.29. The van der Waals surface area contributed by atoms with E-state index in [4.69, 9.17) is 22.9 Å². The lowest BCUT2D eigenvalue weighted by Crippen LogP contribution is -2.75. The lowest BCUT2D eigenvalue weighted by molar-refractivity contribution is 0.230. The molecule has 0 saturated carbocycles. The Kier molecular flexibility index (Phi) is 9.62. The molecule has 1 atom stereocenters. The first-order chi connectivity index (χ1) is 8.81. The zero-order chi connectivity index (χ0) is 14.8. The smallest absolute Gasteiger partial charge is 0.134 e. The first-order valence-corrected chi connectivity index (χ1v) is 7.97. The average molecular weight is 272 g/mol. The van der Waals surface area contributed by atoms with E-state index in [1.807, 2.05) is 6.92 Å². The Morgan fingerprint density at radius 3 is 1.37 bits per heavy atom. The van der Waals surface area contributed by atoms with Gasteiger partial charge >= 0.3 is 0 Å². The van der Waals surface area contributed by atoms with Gasteiger partial charge in [0.1, 0.15) is 5.79 Å². The van der Waals surface area contributed by atoms with Crippen LogP contribution in [0.15, 0.2) is 0 Å². The Bertz CT molecular complexity index is 209. The third-order valence-electron chi connectivity index (χ3n) is 4.04. The molecule has 0 radical (unpaired) electrons. The molecular formula is C15H36N4. The normalized spacial score (nSPS) is 15.5. The van der Waals surface area contributed by atoms with Crippen LogP contribution in [0.3, 0.4) is 0 Å². The minimum Gasteiger partial charge on any atom is -0.322 e. The van der Waals surface area contributed by atoms with Crippen molar-refractivity contribution in [2.45, 2.75) is 95.8 Å². The lowest BCUT2D eigenvalue weighted by atomic mass is 9.88. The van der Waals surface area contributed by atoms with Crippen LogP contribution in [0.1, 0.15) is 84.5 Å². The van der Waals surface area contributed by atoms with Crippen molar-refractivity contribution in [3.05, 3.63) is 0 Å². The van der Waals surface area contributed by atoms with Crippen molar-refractivity contribution in [1.82, 2.24) is 0 Å². The first kappa shape index (κ1) is 18.8. The Morgan fingerprint density at radius 1 is 0.632 bits per heavy atom. The molecule has 116 valence electrons. The van der Waals surface area contributed by atoms with E-state index in [1.165, 1.54) is 57.8 Å². The molecule has 4 nitrogen and oxygen atoms in total. The highest BCUT2D eigenvalue weighted by Crippen LogP contribution is 2.18. The van der Waals surface area contributed by atoms with Crippen molar-refractivity contribution in [2.24, 2.45) is 22.9 Å². The van der Waals surface area contributed by atoms with Gasteiger partial charge in [-0.1, -0.05) is 71.1 Å². The molecule has 0 aromatic heterocycles. The summed E-state index contributed by atoms with van der Waals surface area (Å²) in [6.07, 6.45) is 13.9. The fraction of sp³-hybridized carbons (Fsp3) is 1.00. The maximum Gasteiger partial charge on any atom is 0.134 e. The molecule has 0 aromatic carbocycles. The van der Waals surface area contributed by atoms with Crippen LogP contribution in [0.2, 0.25) is 0 Å². The van der Waals surface area contributed by atoms with E-state index in [0.29, 0.717) is 0 Å². The van der Waals surface area contributed by atoms with Crippen LogP contribution in [-0.4, -0.2) is 11.3 Å². The molecule has 0 fully saturated rings. The zero-order valence-electron chi connectivity index (χ0n) is 13.1. The van der Waals surface area contributed by atoms with E-state index in [9.17, 15) is 0 Å². The van der Waals surface area contributed by atoms with Crippen LogP contribution in [0.5, 0.6) is 0 Å². The van der Waals surface area contributed by atoms with Crippen molar-refractivity contribution < 1.29 is 0 Å². The van der Waals surface area contributed by atoms with E-state index in [-0.39, 0.29) is 0 Å². The molecule has 0 heterocycles. The number of nitrogens with two attached hydrogens (primary N) is 4. The molecule has 0 rings (SSSR count). The van der Waals surface area contributed by atoms with Gasteiger partial charge in [-0.25, -0.2) is 0 Å². The van der Waals surface area contributed by atoms with Gasteiger partial charge in [0.15, 0.2) is 0 Å². The topological polar surface area (TPSA) is 104 Å².